The molecule has 0 saturated heterocycles. The van der Waals surface area contributed by atoms with E-state index in [1.807, 2.05) is 0 Å². The molecule has 0 unspecified atom stereocenters. The first-order chi connectivity index (χ1) is 9.56. The van der Waals surface area contributed by atoms with Crippen LogP contribution in [-0.2, 0) is 4.79 Å². The fraction of sp³-hybridized carbons (Fsp3) is 0.200. The number of benzene rings is 1. The van der Waals surface area contributed by atoms with Crippen molar-refractivity contribution in [2.45, 2.75) is 6.92 Å². The number of rotatable bonds is 4. The SMILES string of the molecule is COc1cc2oc(=O)ccc2c(OC)c1C=CC(C)=O. The molecule has 0 radical (unpaired) electrons. The zero-order valence-corrected chi connectivity index (χ0v) is 11.4. The molecule has 1 aromatic carbocycles. The molecule has 0 N–H and O–H groups in total. The largest absolute Gasteiger partial charge is 0.496 e. The van der Waals surface area contributed by atoms with Gasteiger partial charge in [0.1, 0.15) is 17.1 Å². The fourth-order valence-electron chi connectivity index (χ4n) is 1.93. The number of carbonyl (C=O) groups is 1. The second-order valence-corrected chi connectivity index (χ2v) is 4.14. The van der Waals surface area contributed by atoms with Gasteiger partial charge in [0.05, 0.1) is 25.2 Å². The van der Waals surface area contributed by atoms with Gasteiger partial charge in [0, 0.05) is 12.1 Å². The highest BCUT2D eigenvalue weighted by Crippen LogP contribution is 2.37. The Bertz CT molecular complexity index is 740. The molecule has 0 fully saturated rings. The minimum atomic E-state index is -0.450. The van der Waals surface area contributed by atoms with E-state index in [1.54, 1.807) is 18.2 Å². The van der Waals surface area contributed by atoms with Gasteiger partial charge in [-0.25, -0.2) is 4.79 Å². The minimum absolute atomic E-state index is 0.0891. The zero-order chi connectivity index (χ0) is 14.7. The monoisotopic (exact) mass is 274 g/mol. The maximum absolute atomic E-state index is 11.3. The van der Waals surface area contributed by atoms with E-state index in [1.165, 1.54) is 33.3 Å². The van der Waals surface area contributed by atoms with Gasteiger partial charge in [-0.3, -0.25) is 4.79 Å². The smallest absolute Gasteiger partial charge is 0.336 e. The molecular weight excluding hydrogens is 260 g/mol. The first-order valence-corrected chi connectivity index (χ1v) is 5.94. The van der Waals surface area contributed by atoms with Crippen molar-refractivity contribution in [3.05, 3.63) is 40.3 Å². The molecule has 0 atom stereocenters. The molecule has 1 heterocycles. The Morgan fingerprint density at radius 1 is 1.25 bits per heavy atom. The molecule has 0 bridgehead atoms. The molecule has 104 valence electrons. The summed E-state index contributed by atoms with van der Waals surface area (Å²) in [6, 6.07) is 4.53. The van der Waals surface area contributed by atoms with Crippen molar-refractivity contribution < 1.29 is 18.7 Å². The van der Waals surface area contributed by atoms with E-state index in [9.17, 15) is 9.59 Å². The Balaban J connectivity index is 2.80. The summed E-state index contributed by atoms with van der Waals surface area (Å²) in [6.07, 6.45) is 3.04. The van der Waals surface area contributed by atoms with E-state index in [-0.39, 0.29) is 5.78 Å². The summed E-state index contributed by atoms with van der Waals surface area (Å²) in [5, 5.41) is 0.635. The van der Waals surface area contributed by atoms with Crippen molar-refractivity contribution in [2.75, 3.05) is 14.2 Å². The van der Waals surface area contributed by atoms with Crippen molar-refractivity contribution >= 4 is 22.8 Å². The third kappa shape index (κ3) is 2.56. The number of fused-ring (bicyclic) bond motifs is 1. The van der Waals surface area contributed by atoms with Gasteiger partial charge >= 0.3 is 5.63 Å². The second-order valence-electron chi connectivity index (χ2n) is 4.14. The summed E-state index contributed by atoms with van der Waals surface area (Å²) in [4.78, 5) is 22.4. The number of hydrogen-bond donors (Lipinski definition) is 0. The molecule has 0 saturated carbocycles. The average Bonchev–Trinajstić information content (AvgIpc) is 2.43. The molecule has 5 heteroatoms. The standard InChI is InChI=1S/C15H14O5/c1-9(16)4-5-10-12(18-2)8-13-11(15(10)19-3)6-7-14(17)20-13/h4-8H,1-3H3. The molecule has 20 heavy (non-hydrogen) atoms. The van der Waals surface area contributed by atoms with Crippen LogP contribution in [0.1, 0.15) is 12.5 Å². The fourth-order valence-corrected chi connectivity index (χ4v) is 1.93. The number of ketones is 1. The van der Waals surface area contributed by atoms with Crippen molar-refractivity contribution in [2.24, 2.45) is 0 Å². The molecule has 0 spiro atoms. The molecule has 0 aliphatic heterocycles. The van der Waals surface area contributed by atoms with E-state index < -0.39 is 5.63 Å². The molecule has 2 aromatic rings. The van der Waals surface area contributed by atoms with Crippen LogP contribution in [0, 0.1) is 0 Å². The van der Waals surface area contributed by atoms with Crippen LogP contribution in [-0.4, -0.2) is 20.0 Å². The average molecular weight is 274 g/mol. The highest BCUT2D eigenvalue weighted by atomic mass is 16.5. The number of ether oxygens (including phenoxy) is 2. The van der Waals surface area contributed by atoms with Gasteiger partial charge in [0.2, 0.25) is 0 Å². The van der Waals surface area contributed by atoms with Crippen LogP contribution in [0.4, 0.5) is 0 Å². The molecule has 0 aliphatic carbocycles. The van der Waals surface area contributed by atoms with Crippen LogP contribution in [0.2, 0.25) is 0 Å². The van der Waals surface area contributed by atoms with Gasteiger partial charge in [0.25, 0.3) is 0 Å². The molecule has 5 nitrogen and oxygen atoms in total. The van der Waals surface area contributed by atoms with E-state index in [0.717, 1.165) is 0 Å². The van der Waals surface area contributed by atoms with Gasteiger partial charge < -0.3 is 13.9 Å². The predicted molar refractivity (Wildman–Crippen MR) is 75.3 cm³/mol. The summed E-state index contributed by atoms with van der Waals surface area (Å²) in [5.41, 5.74) is 0.534. The molecular formula is C15H14O5. The van der Waals surface area contributed by atoms with E-state index in [0.29, 0.717) is 28.0 Å². The molecule has 0 amide bonds. The lowest BCUT2D eigenvalue weighted by Crippen LogP contribution is -1.99. The highest BCUT2D eigenvalue weighted by Gasteiger charge is 2.14. The van der Waals surface area contributed by atoms with Crippen molar-refractivity contribution in [3.63, 3.8) is 0 Å². The number of methoxy groups -OCH3 is 2. The topological polar surface area (TPSA) is 65.7 Å². The molecule has 1 aromatic heterocycles. The van der Waals surface area contributed by atoms with Crippen molar-refractivity contribution in [3.8, 4) is 11.5 Å². The maximum atomic E-state index is 11.3. The van der Waals surface area contributed by atoms with Crippen LogP contribution in [0.25, 0.3) is 17.0 Å². The predicted octanol–water partition coefficient (Wildman–Crippen LogP) is 2.41. The van der Waals surface area contributed by atoms with Crippen molar-refractivity contribution in [1.29, 1.82) is 0 Å². The molecule has 2 rings (SSSR count). The Hall–Kier alpha value is -2.56. The van der Waals surface area contributed by atoms with Crippen LogP contribution < -0.4 is 15.1 Å². The van der Waals surface area contributed by atoms with Gasteiger partial charge in [0.15, 0.2) is 5.78 Å². The Labute approximate surface area is 115 Å². The number of allylic oxidation sites excluding steroid dienone is 1. The van der Waals surface area contributed by atoms with Crippen LogP contribution >= 0.6 is 0 Å². The van der Waals surface area contributed by atoms with Crippen LogP contribution in [0.5, 0.6) is 11.5 Å². The summed E-state index contributed by atoms with van der Waals surface area (Å²) in [7, 11) is 3.00. The first-order valence-electron chi connectivity index (χ1n) is 5.94. The lowest BCUT2D eigenvalue weighted by molar-refractivity contribution is -0.112. The Morgan fingerprint density at radius 2 is 2.00 bits per heavy atom. The maximum Gasteiger partial charge on any atom is 0.336 e. The summed E-state index contributed by atoms with van der Waals surface area (Å²) in [6.45, 7) is 1.45. The Morgan fingerprint density at radius 3 is 2.60 bits per heavy atom. The zero-order valence-electron chi connectivity index (χ0n) is 11.4. The number of hydrogen-bond acceptors (Lipinski definition) is 5. The van der Waals surface area contributed by atoms with Crippen LogP contribution in [0.15, 0.2) is 33.5 Å². The quantitative estimate of drug-likeness (QED) is 0.632. The Kier molecular flexibility index (Phi) is 3.89. The summed E-state index contributed by atoms with van der Waals surface area (Å²) >= 11 is 0. The third-order valence-corrected chi connectivity index (χ3v) is 2.79. The van der Waals surface area contributed by atoms with E-state index >= 15 is 0 Å². The van der Waals surface area contributed by atoms with Crippen molar-refractivity contribution in [1.82, 2.24) is 0 Å². The summed E-state index contributed by atoms with van der Waals surface area (Å²) < 4.78 is 15.8. The van der Waals surface area contributed by atoms with Gasteiger partial charge in [-0.1, -0.05) is 0 Å². The number of carbonyl (C=O) groups excluding carboxylic acids is 1. The third-order valence-electron chi connectivity index (χ3n) is 2.79. The summed E-state index contributed by atoms with van der Waals surface area (Å²) in [5.74, 6) is 0.857. The first kappa shape index (κ1) is 13.9. The second kappa shape index (κ2) is 5.61. The van der Waals surface area contributed by atoms with Gasteiger partial charge in [-0.05, 0) is 25.1 Å². The van der Waals surface area contributed by atoms with Crippen LogP contribution in [0.3, 0.4) is 0 Å². The van der Waals surface area contributed by atoms with E-state index in [4.69, 9.17) is 13.9 Å². The lowest BCUT2D eigenvalue weighted by Gasteiger charge is -2.12. The molecule has 0 aliphatic rings. The van der Waals surface area contributed by atoms with E-state index in [2.05, 4.69) is 0 Å². The highest BCUT2D eigenvalue weighted by molar-refractivity contribution is 5.96. The normalized spacial score (nSPS) is 10.9. The van der Waals surface area contributed by atoms with Gasteiger partial charge in [-0.2, -0.15) is 0 Å². The lowest BCUT2D eigenvalue weighted by atomic mass is 10.1. The van der Waals surface area contributed by atoms with Gasteiger partial charge in [-0.15, -0.1) is 0 Å². The minimum Gasteiger partial charge on any atom is -0.496 e.